The molecule has 5 rings (SSSR count). The minimum Gasteiger partial charge on any atom is -0.240 e. The summed E-state index contributed by atoms with van der Waals surface area (Å²) in [6.07, 6.45) is 8.00. The van der Waals surface area contributed by atoms with Crippen molar-refractivity contribution in [3.05, 3.63) is 91.4 Å². The van der Waals surface area contributed by atoms with Crippen LogP contribution < -0.4 is 0 Å². The van der Waals surface area contributed by atoms with E-state index < -0.39 is 15.8 Å². The van der Waals surface area contributed by atoms with Crippen LogP contribution in [0.15, 0.2) is 90.5 Å². The van der Waals surface area contributed by atoms with Crippen molar-refractivity contribution in [1.29, 1.82) is 0 Å². The molecule has 2 aromatic carbocycles. The summed E-state index contributed by atoms with van der Waals surface area (Å²) in [6, 6.07) is 13.9. The third kappa shape index (κ3) is 2.96. The molecule has 0 aliphatic carbocycles. The topological polar surface area (TPSA) is 82.7 Å². The smallest absolute Gasteiger partial charge is 0.240 e. The summed E-state index contributed by atoms with van der Waals surface area (Å²) in [5.41, 5.74) is 2.28. The molecule has 3 heterocycles. The molecule has 0 saturated carbocycles. The number of fused-ring (bicyclic) bond motifs is 1. The first-order valence-corrected chi connectivity index (χ1v) is 10.4. The zero-order chi connectivity index (χ0) is 20.7. The molecule has 3 aromatic heterocycles. The van der Waals surface area contributed by atoms with Gasteiger partial charge in [-0.2, -0.15) is 15.3 Å². The number of halogens is 1. The highest BCUT2D eigenvalue weighted by Gasteiger charge is 2.22. The van der Waals surface area contributed by atoms with Gasteiger partial charge in [0.05, 0.1) is 34.7 Å². The molecule has 0 radical (unpaired) electrons. The molecule has 9 heteroatoms. The van der Waals surface area contributed by atoms with E-state index in [9.17, 15) is 12.8 Å². The van der Waals surface area contributed by atoms with Gasteiger partial charge in [-0.15, -0.1) is 0 Å². The Labute approximate surface area is 171 Å². The van der Waals surface area contributed by atoms with Gasteiger partial charge in [-0.05, 0) is 36.4 Å². The van der Waals surface area contributed by atoms with Gasteiger partial charge in [-0.25, -0.2) is 21.5 Å². The van der Waals surface area contributed by atoms with Crippen LogP contribution in [0.5, 0.6) is 0 Å². The van der Waals surface area contributed by atoms with Crippen LogP contribution >= 0.6 is 0 Å². The van der Waals surface area contributed by atoms with Crippen molar-refractivity contribution in [3.63, 3.8) is 0 Å². The summed E-state index contributed by atoms with van der Waals surface area (Å²) in [5, 5.41) is 12.5. The molecule has 0 aliphatic rings. The zero-order valence-corrected chi connectivity index (χ0v) is 16.2. The summed E-state index contributed by atoms with van der Waals surface area (Å²) in [7, 11) is -3.91. The van der Waals surface area contributed by atoms with Crippen LogP contribution in [0.1, 0.15) is 0 Å². The van der Waals surface area contributed by atoms with Crippen molar-refractivity contribution in [2.45, 2.75) is 4.90 Å². The van der Waals surface area contributed by atoms with Crippen molar-refractivity contribution in [2.24, 2.45) is 0 Å². The fraction of sp³-hybridized carbons (Fsp3) is 0. The first-order chi connectivity index (χ1) is 14.5. The lowest BCUT2D eigenvalue weighted by molar-refractivity contribution is 0.589. The number of aromatic nitrogens is 5. The highest BCUT2D eigenvalue weighted by molar-refractivity contribution is 7.90. The Hall–Kier alpha value is -3.85. The van der Waals surface area contributed by atoms with Crippen LogP contribution in [-0.4, -0.2) is 32.4 Å². The normalized spacial score (nSPS) is 11.8. The van der Waals surface area contributed by atoms with Crippen molar-refractivity contribution in [1.82, 2.24) is 24.0 Å². The average molecular weight is 419 g/mol. The van der Waals surface area contributed by atoms with E-state index in [1.807, 2.05) is 0 Å². The molecule has 0 saturated heterocycles. The molecule has 148 valence electrons. The molecule has 0 fully saturated rings. The molecule has 7 nitrogen and oxygen atoms in total. The highest BCUT2D eigenvalue weighted by Crippen LogP contribution is 2.33. The van der Waals surface area contributed by atoms with E-state index in [-0.39, 0.29) is 10.4 Å². The van der Waals surface area contributed by atoms with Gasteiger partial charge < -0.3 is 0 Å². The van der Waals surface area contributed by atoms with Crippen molar-refractivity contribution in [2.75, 3.05) is 0 Å². The van der Waals surface area contributed by atoms with Gasteiger partial charge in [0.2, 0.25) is 0 Å². The Morgan fingerprint density at radius 3 is 2.50 bits per heavy atom. The second kappa shape index (κ2) is 6.89. The Kier molecular flexibility index (Phi) is 4.18. The third-order valence-corrected chi connectivity index (χ3v) is 6.45. The van der Waals surface area contributed by atoms with E-state index in [1.165, 1.54) is 30.5 Å². The van der Waals surface area contributed by atoms with Crippen LogP contribution in [0, 0.1) is 5.82 Å². The van der Waals surface area contributed by atoms with Gasteiger partial charge in [0.15, 0.2) is 0 Å². The summed E-state index contributed by atoms with van der Waals surface area (Å²) in [4.78, 5) is 0.122. The summed E-state index contributed by atoms with van der Waals surface area (Å²) >= 11 is 0. The molecule has 0 amide bonds. The third-order valence-electron chi connectivity index (χ3n) is 4.76. The van der Waals surface area contributed by atoms with Crippen molar-refractivity contribution >= 4 is 20.9 Å². The van der Waals surface area contributed by atoms with E-state index in [2.05, 4.69) is 15.3 Å². The number of benzene rings is 2. The summed E-state index contributed by atoms with van der Waals surface area (Å²) in [6.45, 7) is 0. The molecule has 0 aliphatic heterocycles. The SMILES string of the molecule is O=S(=O)(c1ccccc1)n1cc(-c2cnn(-c3ccnnc3)c2)c2ccc(F)cc21. The van der Waals surface area contributed by atoms with E-state index >= 15 is 0 Å². The van der Waals surface area contributed by atoms with Crippen LogP contribution in [0.25, 0.3) is 27.7 Å². The van der Waals surface area contributed by atoms with Crippen molar-refractivity contribution < 1.29 is 12.8 Å². The monoisotopic (exact) mass is 419 g/mol. The average Bonchev–Trinajstić information content (AvgIpc) is 3.40. The van der Waals surface area contributed by atoms with Crippen LogP contribution in [-0.2, 0) is 10.0 Å². The molecule has 5 aromatic rings. The number of nitrogens with zero attached hydrogens (tertiary/aromatic N) is 5. The Balaban J connectivity index is 1.71. The largest absolute Gasteiger partial charge is 0.268 e. The van der Waals surface area contributed by atoms with E-state index in [0.717, 1.165) is 3.97 Å². The van der Waals surface area contributed by atoms with Gasteiger partial charge in [0.25, 0.3) is 10.0 Å². The Morgan fingerprint density at radius 1 is 0.900 bits per heavy atom. The highest BCUT2D eigenvalue weighted by atomic mass is 32.2. The molecule has 0 atom stereocenters. The van der Waals surface area contributed by atoms with Crippen LogP contribution in [0.3, 0.4) is 0 Å². The molecule has 0 N–H and O–H groups in total. The quantitative estimate of drug-likeness (QED) is 0.444. The standard InChI is InChI=1S/C21H14FN5O2S/c22-16-6-7-19-20(15-11-25-26(13-15)17-8-9-23-24-12-17)14-27(21(19)10-16)30(28,29)18-4-2-1-3-5-18/h1-14H. The predicted octanol–water partition coefficient (Wildman–Crippen LogP) is 3.66. The van der Waals surface area contributed by atoms with E-state index in [1.54, 1.807) is 59.8 Å². The van der Waals surface area contributed by atoms with E-state index in [0.29, 0.717) is 22.2 Å². The van der Waals surface area contributed by atoms with E-state index in [4.69, 9.17) is 0 Å². The zero-order valence-electron chi connectivity index (χ0n) is 15.4. The van der Waals surface area contributed by atoms with Crippen LogP contribution in [0.2, 0.25) is 0 Å². The van der Waals surface area contributed by atoms with Gasteiger partial charge >= 0.3 is 0 Å². The van der Waals surface area contributed by atoms with Crippen molar-refractivity contribution in [3.8, 4) is 16.8 Å². The number of rotatable bonds is 4. The minimum atomic E-state index is -3.91. The minimum absolute atomic E-state index is 0.122. The van der Waals surface area contributed by atoms with Crippen LogP contribution in [0.4, 0.5) is 4.39 Å². The summed E-state index contributed by atoms with van der Waals surface area (Å²) in [5.74, 6) is -0.518. The molecule has 0 bridgehead atoms. The van der Waals surface area contributed by atoms with Gasteiger partial charge in [-0.1, -0.05) is 18.2 Å². The summed E-state index contributed by atoms with van der Waals surface area (Å²) < 4.78 is 43.2. The molecule has 0 spiro atoms. The molecule has 30 heavy (non-hydrogen) atoms. The van der Waals surface area contributed by atoms with Gasteiger partial charge in [0, 0.05) is 28.9 Å². The molecular weight excluding hydrogens is 405 g/mol. The lowest BCUT2D eigenvalue weighted by atomic mass is 10.1. The molecular formula is C21H14FN5O2S. The first kappa shape index (κ1) is 18.2. The fourth-order valence-corrected chi connectivity index (χ4v) is 4.71. The number of hydrogen-bond acceptors (Lipinski definition) is 5. The fourth-order valence-electron chi connectivity index (χ4n) is 3.33. The predicted molar refractivity (Wildman–Crippen MR) is 109 cm³/mol. The van der Waals surface area contributed by atoms with Gasteiger partial charge in [-0.3, -0.25) is 0 Å². The Morgan fingerprint density at radius 2 is 1.73 bits per heavy atom. The number of hydrogen-bond donors (Lipinski definition) is 0. The lowest BCUT2D eigenvalue weighted by Gasteiger charge is -2.07. The second-order valence-corrected chi connectivity index (χ2v) is 8.41. The maximum absolute atomic E-state index is 14.0. The second-order valence-electron chi connectivity index (χ2n) is 6.59. The maximum atomic E-state index is 14.0. The first-order valence-electron chi connectivity index (χ1n) is 8.97. The molecule has 0 unspecified atom stereocenters. The Bertz CT molecular complexity index is 1460. The maximum Gasteiger partial charge on any atom is 0.268 e. The lowest BCUT2D eigenvalue weighted by Crippen LogP contribution is -2.11. The van der Waals surface area contributed by atoms with Gasteiger partial charge in [0.1, 0.15) is 5.82 Å².